The van der Waals surface area contributed by atoms with Gasteiger partial charge in [0.1, 0.15) is 16.5 Å². The van der Waals surface area contributed by atoms with E-state index in [0.29, 0.717) is 28.8 Å². The number of halogens is 4. The van der Waals surface area contributed by atoms with Gasteiger partial charge in [-0.05, 0) is 87.2 Å². The molecule has 3 fully saturated rings. The lowest BCUT2D eigenvalue weighted by molar-refractivity contribution is -0.134. The van der Waals surface area contributed by atoms with Crippen molar-refractivity contribution in [3.63, 3.8) is 0 Å². The summed E-state index contributed by atoms with van der Waals surface area (Å²) in [5.74, 6) is -0.374. The first kappa shape index (κ1) is 30.2. The molecular formula is C32H37F4N7OS. The van der Waals surface area contributed by atoms with Gasteiger partial charge in [0.05, 0.1) is 21.8 Å². The highest BCUT2D eigenvalue weighted by Gasteiger charge is 2.48. The fourth-order valence-corrected chi connectivity index (χ4v) is 8.54. The van der Waals surface area contributed by atoms with Crippen molar-refractivity contribution in [1.82, 2.24) is 14.9 Å². The second-order valence-electron chi connectivity index (χ2n) is 13.0. The number of allylic oxidation sites excluding steroid dienone is 1. The number of nitrogens with two attached hydrogens (primary N) is 1. The number of aromatic nitrogens is 2. The van der Waals surface area contributed by atoms with Crippen LogP contribution in [0.15, 0.2) is 36.4 Å². The third-order valence-corrected chi connectivity index (χ3v) is 11.3. The normalized spacial score (nSPS) is 26.2. The van der Waals surface area contributed by atoms with Gasteiger partial charge in [-0.2, -0.15) is 18.2 Å². The molecule has 4 N–H and O–H groups in total. The first-order chi connectivity index (χ1) is 21.5. The summed E-state index contributed by atoms with van der Waals surface area (Å²) in [6.07, 6.45) is 4.63. The van der Waals surface area contributed by atoms with Gasteiger partial charge in [0.15, 0.2) is 0 Å². The van der Waals surface area contributed by atoms with Crippen LogP contribution in [0.5, 0.6) is 0 Å². The van der Waals surface area contributed by atoms with E-state index in [1.807, 2.05) is 12.2 Å². The average molecular weight is 644 g/mol. The van der Waals surface area contributed by atoms with Crippen LogP contribution in [0.2, 0.25) is 0 Å². The Kier molecular flexibility index (Phi) is 7.87. The van der Waals surface area contributed by atoms with Crippen molar-refractivity contribution >= 4 is 50.6 Å². The summed E-state index contributed by atoms with van der Waals surface area (Å²) in [6, 6.07) is 5.95. The van der Waals surface area contributed by atoms with E-state index in [1.54, 1.807) is 12.1 Å². The molecule has 240 valence electrons. The number of nitrogens with one attached hydrogen (secondary N) is 2. The van der Waals surface area contributed by atoms with E-state index in [1.165, 1.54) is 18.9 Å². The SMILES string of the molecule is CC1CCN(C2CCN(c3ccc(Nc4nc(N[C@H]5C6C=CC(C6)[C@@H]5C(N)=O)c5sc(C(F)(F)F)cc5n4)cc3F)CC2)CC1. The number of benzene rings is 1. The quantitative estimate of drug-likeness (QED) is 0.203. The highest BCUT2D eigenvalue weighted by Crippen LogP contribution is 2.46. The van der Waals surface area contributed by atoms with E-state index < -0.39 is 34.7 Å². The fraction of sp³-hybridized carbons (Fsp3) is 0.531. The van der Waals surface area contributed by atoms with Crippen molar-refractivity contribution in [2.24, 2.45) is 29.4 Å². The maximum Gasteiger partial charge on any atom is 0.425 e. The number of anilines is 4. The molecule has 3 aromatic rings. The molecule has 2 aliphatic carbocycles. The molecule has 8 nitrogen and oxygen atoms in total. The van der Waals surface area contributed by atoms with Gasteiger partial charge in [0.25, 0.3) is 0 Å². The van der Waals surface area contributed by atoms with Gasteiger partial charge in [-0.25, -0.2) is 9.37 Å². The van der Waals surface area contributed by atoms with E-state index in [0.717, 1.165) is 57.4 Å². The maximum atomic E-state index is 15.5. The van der Waals surface area contributed by atoms with Crippen LogP contribution in [0.4, 0.5) is 40.7 Å². The molecule has 0 spiro atoms. The molecule has 45 heavy (non-hydrogen) atoms. The van der Waals surface area contributed by atoms with E-state index in [9.17, 15) is 18.0 Å². The lowest BCUT2D eigenvalue weighted by Gasteiger charge is -2.42. The van der Waals surface area contributed by atoms with Crippen molar-refractivity contribution < 1.29 is 22.4 Å². The second kappa shape index (κ2) is 11.7. The van der Waals surface area contributed by atoms with Crippen molar-refractivity contribution in [3.05, 3.63) is 47.1 Å². The number of nitrogens with zero attached hydrogens (tertiary/aromatic N) is 4. The Balaban J connectivity index is 1.10. The van der Waals surface area contributed by atoms with Gasteiger partial charge in [-0.15, -0.1) is 11.3 Å². The molecule has 4 atom stereocenters. The number of rotatable bonds is 7. The van der Waals surface area contributed by atoms with Crippen LogP contribution in [0.3, 0.4) is 0 Å². The monoisotopic (exact) mass is 643 g/mol. The molecule has 2 saturated heterocycles. The van der Waals surface area contributed by atoms with Crippen LogP contribution in [0, 0.1) is 29.5 Å². The topological polar surface area (TPSA) is 99.4 Å². The molecule has 1 amide bonds. The number of fused-ring (bicyclic) bond motifs is 3. The summed E-state index contributed by atoms with van der Waals surface area (Å²) in [4.78, 5) is 25.0. The molecule has 13 heteroatoms. The molecule has 4 heterocycles. The molecule has 2 aromatic heterocycles. The summed E-state index contributed by atoms with van der Waals surface area (Å²) in [5.41, 5.74) is 6.72. The van der Waals surface area contributed by atoms with Gasteiger partial charge in [0.2, 0.25) is 11.9 Å². The van der Waals surface area contributed by atoms with Crippen LogP contribution >= 0.6 is 11.3 Å². The maximum absolute atomic E-state index is 15.5. The molecule has 7 rings (SSSR count). The number of hydrogen-bond donors (Lipinski definition) is 3. The highest BCUT2D eigenvalue weighted by atomic mass is 32.1. The third kappa shape index (κ3) is 5.96. The summed E-state index contributed by atoms with van der Waals surface area (Å²) < 4.78 is 56.7. The van der Waals surface area contributed by atoms with Crippen LogP contribution in [-0.4, -0.2) is 59.0 Å². The zero-order valence-electron chi connectivity index (χ0n) is 25.0. The van der Waals surface area contributed by atoms with Gasteiger partial charge in [-0.1, -0.05) is 19.1 Å². The van der Waals surface area contributed by atoms with E-state index in [2.05, 4.69) is 37.3 Å². The van der Waals surface area contributed by atoms with Crippen molar-refractivity contribution in [3.8, 4) is 0 Å². The number of carbonyl (C=O) groups is 1. The van der Waals surface area contributed by atoms with Crippen molar-refractivity contribution in [2.75, 3.05) is 41.7 Å². The lowest BCUT2D eigenvalue weighted by Crippen LogP contribution is -2.47. The molecule has 1 saturated carbocycles. The number of carbonyl (C=O) groups excluding carboxylic acids is 1. The second-order valence-corrected chi connectivity index (χ2v) is 14.0. The summed E-state index contributed by atoms with van der Waals surface area (Å²) >= 11 is 0.545. The number of thiophene rings is 1. The Morgan fingerprint density at radius 1 is 1.02 bits per heavy atom. The summed E-state index contributed by atoms with van der Waals surface area (Å²) in [5, 5.41) is 6.24. The lowest BCUT2D eigenvalue weighted by atomic mass is 9.88. The third-order valence-electron chi connectivity index (χ3n) is 10.1. The van der Waals surface area contributed by atoms with Crippen molar-refractivity contribution in [2.45, 2.75) is 57.3 Å². The Bertz CT molecular complexity index is 1610. The number of piperidine rings is 2. The number of hydrogen-bond acceptors (Lipinski definition) is 8. The Morgan fingerprint density at radius 2 is 1.76 bits per heavy atom. The first-order valence-electron chi connectivity index (χ1n) is 15.7. The molecule has 4 aliphatic rings. The van der Waals surface area contributed by atoms with Crippen LogP contribution in [0.25, 0.3) is 10.2 Å². The van der Waals surface area contributed by atoms with E-state index in [4.69, 9.17) is 5.73 Å². The summed E-state index contributed by atoms with van der Waals surface area (Å²) in [7, 11) is 0. The number of primary amides is 1. The molecule has 2 bridgehead atoms. The van der Waals surface area contributed by atoms with Crippen LogP contribution in [-0.2, 0) is 11.0 Å². The molecule has 2 unspecified atom stereocenters. The average Bonchev–Trinajstić information content (AvgIpc) is 3.73. The smallest absolute Gasteiger partial charge is 0.369 e. The van der Waals surface area contributed by atoms with Gasteiger partial charge >= 0.3 is 6.18 Å². The minimum Gasteiger partial charge on any atom is -0.369 e. The molecule has 2 aliphatic heterocycles. The van der Waals surface area contributed by atoms with E-state index >= 15 is 4.39 Å². The number of alkyl halides is 3. The van der Waals surface area contributed by atoms with Crippen LogP contribution in [0.1, 0.15) is 43.9 Å². The Morgan fingerprint density at radius 3 is 2.44 bits per heavy atom. The zero-order valence-corrected chi connectivity index (χ0v) is 25.8. The molecule has 0 radical (unpaired) electrons. The summed E-state index contributed by atoms with van der Waals surface area (Å²) in [6.45, 7) is 6.14. The standard InChI is InChI=1S/C32H37F4N7OS/c1-17-6-10-42(11-7-17)21-8-12-43(13-9-21)24-5-4-20(15-22(24)33)38-31-39-23-16-25(32(34,35)36)45-28(23)30(41-31)40-27-19-3-2-18(14-19)26(27)29(37)44/h2-5,15-19,21,26-27H,6-14H2,1H3,(H2,37,44)(H2,38,39,40,41)/t18?,19?,26-,27-/m0/s1. The fourth-order valence-electron chi connectivity index (χ4n) is 7.62. The Labute approximate surface area is 263 Å². The molecular weight excluding hydrogens is 606 g/mol. The largest absolute Gasteiger partial charge is 0.425 e. The van der Waals surface area contributed by atoms with E-state index in [-0.39, 0.29) is 33.8 Å². The predicted octanol–water partition coefficient (Wildman–Crippen LogP) is 6.38. The highest BCUT2D eigenvalue weighted by molar-refractivity contribution is 7.19. The predicted molar refractivity (Wildman–Crippen MR) is 168 cm³/mol. The minimum absolute atomic E-state index is 0.00577. The Hall–Kier alpha value is -3.45. The van der Waals surface area contributed by atoms with Gasteiger partial charge in [0, 0.05) is 30.9 Å². The van der Waals surface area contributed by atoms with Gasteiger partial charge < -0.3 is 26.2 Å². The molecule has 1 aromatic carbocycles. The van der Waals surface area contributed by atoms with Gasteiger partial charge in [-0.3, -0.25) is 4.79 Å². The zero-order chi connectivity index (χ0) is 31.5. The number of amides is 1. The minimum atomic E-state index is -4.55. The van der Waals surface area contributed by atoms with Crippen LogP contribution < -0.4 is 21.3 Å². The number of likely N-dealkylation sites (tertiary alicyclic amines) is 1. The van der Waals surface area contributed by atoms with Crippen molar-refractivity contribution in [1.29, 1.82) is 0 Å². The first-order valence-corrected chi connectivity index (χ1v) is 16.5.